The van der Waals surface area contributed by atoms with Crippen molar-refractivity contribution in [1.82, 2.24) is 24.5 Å². The average Bonchev–Trinajstić information content (AvgIpc) is 3.51. The molecule has 0 spiro atoms. The zero-order valence-electron chi connectivity index (χ0n) is 19.1. The maximum Gasteiger partial charge on any atom is 0.187 e. The van der Waals surface area contributed by atoms with Crippen molar-refractivity contribution in [2.24, 2.45) is 7.05 Å². The molecule has 0 aliphatic carbocycles. The third-order valence-corrected chi connectivity index (χ3v) is 6.37. The summed E-state index contributed by atoms with van der Waals surface area (Å²) in [6.45, 7) is 2.02. The minimum absolute atomic E-state index is 0.728. The minimum Gasteiger partial charge on any atom is -0.457 e. The first kappa shape index (κ1) is 21.1. The van der Waals surface area contributed by atoms with Crippen LogP contribution in [-0.2, 0) is 7.05 Å². The lowest BCUT2D eigenvalue weighted by Gasteiger charge is -2.13. The number of benzene rings is 3. The molecule has 0 saturated carbocycles. The van der Waals surface area contributed by atoms with E-state index < -0.39 is 0 Å². The van der Waals surface area contributed by atoms with Gasteiger partial charge in [0.25, 0.3) is 0 Å². The van der Waals surface area contributed by atoms with Crippen LogP contribution in [0.15, 0.2) is 78.8 Å². The van der Waals surface area contributed by atoms with Gasteiger partial charge in [0, 0.05) is 41.5 Å². The molecule has 0 fully saturated rings. The van der Waals surface area contributed by atoms with Crippen LogP contribution in [0.3, 0.4) is 0 Å². The smallest absolute Gasteiger partial charge is 0.187 e. The van der Waals surface area contributed by atoms with Crippen LogP contribution in [0.4, 0.5) is 22.3 Å². The van der Waals surface area contributed by atoms with Crippen LogP contribution >= 0.6 is 11.3 Å². The Labute approximate surface area is 205 Å². The van der Waals surface area contributed by atoms with Crippen molar-refractivity contribution >= 4 is 55.6 Å². The van der Waals surface area contributed by atoms with Crippen LogP contribution < -0.4 is 15.4 Å². The first-order chi connectivity index (χ1) is 17.1. The van der Waals surface area contributed by atoms with Gasteiger partial charge in [-0.3, -0.25) is 0 Å². The normalized spacial score (nSPS) is 11.1. The van der Waals surface area contributed by atoms with E-state index in [4.69, 9.17) is 4.74 Å². The van der Waals surface area contributed by atoms with Gasteiger partial charge < -0.3 is 19.9 Å². The number of aryl methyl sites for hydroxylation is 2. The highest BCUT2D eigenvalue weighted by Gasteiger charge is 2.09. The van der Waals surface area contributed by atoms with Crippen LogP contribution in [0.5, 0.6) is 11.5 Å². The van der Waals surface area contributed by atoms with E-state index in [9.17, 15) is 0 Å². The number of rotatable bonds is 6. The Hall–Kier alpha value is -4.50. The molecule has 3 aromatic carbocycles. The summed E-state index contributed by atoms with van der Waals surface area (Å²) in [5.74, 6) is 2.27. The van der Waals surface area contributed by atoms with Crippen molar-refractivity contribution in [3.63, 3.8) is 0 Å². The number of fused-ring (bicyclic) bond motifs is 2. The quantitative estimate of drug-likeness (QED) is 0.279. The summed E-state index contributed by atoms with van der Waals surface area (Å²) in [5.41, 5.74) is 5.66. The van der Waals surface area contributed by atoms with Crippen molar-refractivity contribution in [2.45, 2.75) is 6.92 Å². The second-order valence-electron chi connectivity index (χ2n) is 8.13. The van der Waals surface area contributed by atoms with E-state index in [0.29, 0.717) is 0 Å². The van der Waals surface area contributed by atoms with Gasteiger partial charge in [-0.05, 0) is 61.0 Å². The highest BCUT2D eigenvalue weighted by molar-refractivity contribution is 7.13. The highest BCUT2D eigenvalue weighted by Crippen LogP contribution is 2.32. The van der Waals surface area contributed by atoms with Crippen molar-refractivity contribution in [3.05, 3.63) is 84.4 Å². The summed E-state index contributed by atoms with van der Waals surface area (Å²) in [7, 11) is 1.98. The molecule has 8 nitrogen and oxygen atoms in total. The molecule has 0 aliphatic heterocycles. The van der Waals surface area contributed by atoms with Gasteiger partial charge in [0.1, 0.15) is 23.6 Å². The Morgan fingerprint density at radius 3 is 2.60 bits per heavy atom. The standard InChI is InChI=1S/C26H21N7OS/c1-16-11-17(4-8-24(16)34-19-5-7-23-22(13-19)30-15-33(23)2)31-25-20-12-18(32-26-27-9-10-35-26)3-6-21(20)28-14-29-25/h3-15H,1-2H3,(H,27,32)(H,28,29,31). The molecule has 172 valence electrons. The molecular weight excluding hydrogens is 458 g/mol. The number of anilines is 4. The average molecular weight is 480 g/mol. The number of nitrogens with zero attached hydrogens (tertiary/aromatic N) is 5. The third kappa shape index (κ3) is 4.24. The number of aromatic nitrogens is 5. The van der Waals surface area contributed by atoms with E-state index in [1.165, 1.54) is 0 Å². The summed E-state index contributed by atoms with van der Waals surface area (Å²) < 4.78 is 8.14. The van der Waals surface area contributed by atoms with E-state index in [1.54, 1.807) is 30.2 Å². The van der Waals surface area contributed by atoms with Gasteiger partial charge in [-0.2, -0.15) is 0 Å². The summed E-state index contributed by atoms with van der Waals surface area (Å²) >= 11 is 1.55. The molecule has 0 atom stereocenters. The number of hydrogen-bond acceptors (Lipinski definition) is 8. The summed E-state index contributed by atoms with van der Waals surface area (Å²) in [6, 6.07) is 17.9. The first-order valence-electron chi connectivity index (χ1n) is 11.0. The Balaban J connectivity index is 1.25. The largest absolute Gasteiger partial charge is 0.457 e. The fourth-order valence-corrected chi connectivity index (χ4v) is 4.48. The van der Waals surface area contributed by atoms with Gasteiger partial charge in [-0.15, -0.1) is 11.3 Å². The van der Waals surface area contributed by atoms with E-state index >= 15 is 0 Å². The second kappa shape index (κ2) is 8.69. The lowest BCUT2D eigenvalue weighted by molar-refractivity contribution is 0.479. The van der Waals surface area contributed by atoms with Crippen LogP contribution in [0, 0.1) is 6.92 Å². The van der Waals surface area contributed by atoms with Gasteiger partial charge >= 0.3 is 0 Å². The van der Waals surface area contributed by atoms with Gasteiger partial charge in [0.2, 0.25) is 0 Å². The molecule has 9 heteroatoms. The fourth-order valence-electron chi connectivity index (χ4n) is 3.93. The van der Waals surface area contributed by atoms with Gasteiger partial charge in [0.05, 0.1) is 22.9 Å². The number of nitrogens with one attached hydrogen (secondary N) is 2. The topological polar surface area (TPSA) is 89.8 Å². The van der Waals surface area contributed by atoms with Crippen LogP contribution in [0.1, 0.15) is 5.56 Å². The Bertz CT molecular complexity index is 1660. The summed E-state index contributed by atoms with van der Waals surface area (Å²) in [4.78, 5) is 17.6. The van der Waals surface area contributed by atoms with Crippen molar-refractivity contribution in [3.8, 4) is 11.5 Å². The van der Waals surface area contributed by atoms with Gasteiger partial charge in [0.15, 0.2) is 5.13 Å². The highest BCUT2D eigenvalue weighted by atomic mass is 32.1. The van der Waals surface area contributed by atoms with E-state index in [1.807, 2.05) is 78.5 Å². The number of ether oxygens (including phenoxy) is 1. The summed E-state index contributed by atoms with van der Waals surface area (Å²) in [5, 5.41) is 10.4. The maximum absolute atomic E-state index is 6.15. The van der Waals surface area contributed by atoms with Crippen molar-refractivity contribution in [1.29, 1.82) is 0 Å². The van der Waals surface area contributed by atoms with E-state index in [0.717, 1.165) is 61.3 Å². The van der Waals surface area contributed by atoms with Gasteiger partial charge in [-0.1, -0.05) is 0 Å². The predicted octanol–water partition coefficient (Wildman–Crippen LogP) is 6.56. The Morgan fingerprint density at radius 1 is 0.857 bits per heavy atom. The summed E-state index contributed by atoms with van der Waals surface area (Å²) in [6.07, 6.45) is 5.14. The lowest BCUT2D eigenvalue weighted by Crippen LogP contribution is -1.98. The monoisotopic (exact) mass is 479 g/mol. The van der Waals surface area contributed by atoms with Gasteiger partial charge in [-0.25, -0.2) is 19.9 Å². The molecule has 3 aromatic heterocycles. The molecule has 0 bridgehead atoms. The molecule has 6 aromatic rings. The molecule has 0 saturated heterocycles. The zero-order valence-corrected chi connectivity index (χ0v) is 19.9. The molecule has 6 rings (SSSR count). The Kier molecular flexibility index (Phi) is 5.23. The van der Waals surface area contributed by atoms with Crippen LogP contribution in [0.2, 0.25) is 0 Å². The van der Waals surface area contributed by atoms with Crippen LogP contribution in [-0.4, -0.2) is 24.5 Å². The number of hydrogen-bond donors (Lipinski definition) is 2. The van der Waals surface area contributed by atoms with Crippen molar-refractivity contribution in [2.75, 3.05) is 10.6 Å². The molecule has 2 N–H and O–H groups in total. The molecule has 3 heterocycles. The predicted molar refractivity (Wildman–Crippen MR) is 140 cm³/mol. The zero-order chi connectivity index (χ0) is 23.8. The minimum atomic E-state index is 0.728. The lowest BCUT2D eigenvalue weighted by atomic mass is 10.1. The third-order valence-electron chi connectivity index (χ3n) is 5.68. The molecule has 35 heavy (non-hydrogen) atoms. The first-order valence-corrected chi connectivity index (χ1v) is 11.9. The van der Waals surface area contributed by atoms with Crippen molar-refractivity contribution < 1.29 is 4.74 Å². The molecule has 0 radical (unpaired) electrons. The molecule has 0 amide bonds. The van der Waals surface area contributed by atoms with E-state index in [2.05, 4.69) is 30.6 Å². The SMILES string of the molecule is Cc1cc(Nc2ncnc3ccc(Nc4nccs4)cc23)ccc1Oc1ccc2c(c1)ncn2C. The molecule has 0 aliphatic rings. The second-order valence-corrected chi connectivity index (χ2v) is 9.02. The number of thiazole rings is 1. The van der Waals surface area contributed by atoms with Crippen LogP contribution in [0.25, 0.3) is 21.9 Å². The van der Waals surface area contributed by atoms with E-state index in [-0.39, 0.29) is 0 Å². The fraction of sp³-hybridized carbons (Fsp3) is 0.0769. The number of imidazole rings is 1. The Morgan fingerprint density at radius 2 is 1.74 bits per heavy atom. The molecular formula is C26H21N7OS. The maximum atomic E-state index is 6.15. The molecule has 0 unspecified atom stereocenters.